The van der Waals surface area contributed by atoms with Crippen molar-refractivity contribution >= 4 is 51.2 Å². The second kappa shape index (κ2) is 14.5. The molecule has 5 rings (SSSR count). The Morgan fingerprint density at radius 1 is 0.935 bits per heavy atom. The SMILES string of the molecule is COCCOC(=O)NS(=O)(=O)NCc1cc2c(s1)C=C(C(=O)O)CC(=NC(c1ccccc1)(c1ccccc1)c1ccccc1)N2. The summed E-state index contributed by atoms with van der Waals surface area (Å²) < 4.78 is 38.5. The van der Waals surface area contributed by atoms with Gasteiger partial charge < -0.3 is 19.9 Å². The molecule has 0 aliphatic carbocycles. The number of amidine groups is 1. The van der Waals surface area contributed by atoms with Crippen molar-refractivity contribution in [2.45, 2.75) is 18.5 Å². The summed E-state index contributed by atoms with van der Waals surface area (Å²) in [6, 6.07) is 31.2. The zero-order valence-electron chi connectivity index (χ0n) is 24.8. The first-order chi connectivity index (χ1) is 22.2. The third-order valence-electron chi connectivity index (χ3n) is 7.08. The van der Waals surface area contributed by atoms with Gasteiger partial charge in [0.15, 0.2) is 0 Å². The smallest absolute Gasteiger partial charge is 0.421 e. The Morgan fingerprint density at radius 3 is 2.02 bits per heavy atom. The van der Waals surface area contributed by atoms with Crippen molar-refractivity contribution in [1.29, 1.82) is 0 Å². The number of hydrogen-bond acceptors (Lipinski definition) is 8. The monoisotopic (exact) mass is 660 g/mol. The van der Waals surface area contributed by atoms with E-state index in [1.807, 2.05) is 91.0 Å². The van der Waals surface area contributed by atoms with Gasteiger partial charge in [-0.3, -0.25) is 4.99 Å². The Balaban J connectivity index is 1.52. The van der Waals surface area contributed by atoms with Gasteiger partial charge in [0, 0.05) is 30.5 Å². The molecule has 0 spiro atoms. The van der Waals surface area contributed by atoms with Gasteiger partial charge in [-0.05, 0) is 28.8 Å². The first-order valence-corrected chi connectivity index (χ1v) is 16.5. The van der Waals surface area contributed by atoms with Crippen LogP contribution in [0.1, 0.15) is 32.9 Å². The zero-order valence-corrected chi connectivity index (χ0v) is 26.4. The van der Waals surface area contributed by atoms with Crippen LogP contribution in [0.2, 0.25) is 0 Å². The summed E-state index contributed by atoms with van der Waals surface area (Å²) in [6.45, 7) is -0.150. The molecule has 0 fully saturated rings. The molecule has 1 aromatic heterocycles. The molecule has 0 saturated carbocycles. The lowest BCUT2D eigenvalue weighted by atomic mass is 9.77. The maximum atomic E-state index is 12.4. The Morgan fingerprint density at radius 2 is 1.50 bits per heavy atom. The van der Waals surface area contributed by atoms with Crippen molar-refractivity contribution in [3.05, 3.63) is 129 Å². The number of anilines is 1. The van der Waals surface area contributed by atoms with E-state index >= 15 is 0 Å². The van der Waals surface area contributed by atoms with Crippen LogP contribution < -0.4 is 14.8 Å². The van der Waals surface area contributed by atoms with Crippen LogP contribution in [0.4, 0.5) is 10.5 Å². The van der Waals surface area contributed by atoms with Gasteiger partial charge in [0.1, 0.15) is 18.0 Å². The Labute approximate surface area is 270 Å². The second-order valence-corrected chi connectivity index (χ2v) is 12.9. The van der Waals surface area contributed by atoms with E-state index in [4.69, 9.17) is 14.5 Å². The lowest BCUT2D eigenvalue weighted by molar-refractivity contribution is -0.132. The number of ether oxygens (including phenoxy) is 2. The molecule has 11 nitrogen and oxygen atoms in total. The summed E-state index contributed by atoms with van der Waals surface area (Å²) in [4.78, 5) is 30.7. The van der Waals surface area contributed by atoms with Crippen molar-refractivity contribution in [2.75, 3.05) is 25.6 Å². The predicted molar refractivity (Wildman–Crippen MR) is 177 cm³/mol. The highest BCUT2D eigenvalue weighted by atomic mass is 32.2. The van der Waals surface area contributed by atoms with E-state index in [2.05, 4.69) is 10.0 Å². The van der Waals surface area contributed by atoms with Gasteiger partial charge >= 0.3 is 22.3 Å². The van der Waals surface area contributed by atoms with Gasteiger partial charge in [-0.1, -0.05) is 91.0 Å². The first kappa shape index (κ1) is 32.6. The summed E-state index contributed by atoms with van der Waals surface area (Å²) in [7, 11) is -2.81. The number of rotatable bonds is 12. The first-order valence-electron chi connectivity index (χ1n) is 14.2. The lowest BCUT2D eigenvalue weighted by Gasteiger charge is -2.33. The molecule has 0 radical (unpaired) electrons. The number of carboxylic acids is 1. The number of carbonyl (C=O) groups is 2. The van der Waals surface area contributed by atoms with Crippen molar-refractivity contribution < 1.29 is 32.6 Å². The fourth-order valence-electron chi connectivity index (χ4n) is 5.04. The molecule has 0 saturated heterocycles. The standard InChI is InChI=1S/C33H32N4O7S2/c1-43-17-18-44-32(40)37-46(41,42)34-22-27-21-28-29(45-27)19-23(31(38)39)20-30(35-28)36-33(24-11-5-2-6-12-24,25-13-7-3-8-14-25)26-15-9-4-10-16-26/h2-16,19,21,34H,17-18,20,22H2,1H3,(H,35,36)(H,37,40)(H,38,39). The highest BCUT2D eigenvalue weighted by molar-refractivity contribution is 7.88. The Hall–Kier alpha value is -4.82. The van der Waals surface area contributed by atoms with Crippen LogP contribution in [0.15, 0.2) is 108 Å². The second-order valence-electron chi connectivity index (χ2n) is 10.2. The Bertz CT molecular complexity index is 1750. The molecule has 2 heterocycles. The van der Waals surface area contributed by atoms with E-state index in [9.17, 15) is 23.1 Å². The average molecular weight is 661 g/mol. The van der Waals surface area contributed by atoms with E-state index in [0.29, 0.717) is 21.3 Å². The van der Waals surface area contributed by atoms with Crippen LogP contribution >= 0.6 is 11.3 Å². The maximum Gasteiger partial charge on any atom is 0.421 e. The van der Waals surface area contributed by atoms with Gasteiger partial charge in [0.25, 0.3) is 0 Å². The van der Waals surface area contributed by atoms with Crippen molar-refractivity contribution in [1.82, 2.24) is 9.44 Å². The number of amides is 1. The van der Waals surface area contributed by atoms with Crippen molar-refractivity contribution in [3.63, 3.8) is 0 Å². The highest BCUT2D eigenvalue weighted by Gasteiger charge is 2.37. The minimum absolute atomic E-state index is 0.0159. The van der Waals surface area contributed by atoms with Crippen LogP contribution in [0.5, 0.6) is 0 Å². The van der Waals surface area contributed by atoms with Crippen LogP contribution in [0, 0.1) is 0 Å². The molecule has 0 bridgehead atoms. The number of nitrogens with one attached hydrogen (secondary N) is 3. The van der Waals surface area contributed by atoms with E-state index in [1.54, 1.807) is 16.9 Å². The predicted octanol–water partition coefficient (Wildman–Crippen LogP) is 5.13. The van der Waals surface area contributed by atoms with Crippen LogP contribution in [-0.4, -0.2) is 51.7 Å². The van der Waals surface area contributed by atoms with Gasteiger partial charge in [-0.15, -0.1) is 11.3 Å². The van der Waals surface area contributed by atoms with E-state index in [-0.39, 0.29) is 31.8 Å². The number of methoxy groups -OCH3 is 1. The number of aliphatic carboxylic acids is 1. The fourth-order valence-corrected chi connectivity index (χ4v) is 6.85. The lowest BCUT2D eigenvalue weighted by Crippen LogP contribution is -2.40. The summed E-state index contributed by atoms with van der Waals surface area (Å²) in [5.41, 5.74) is 2.33. The van der Waals surface area contributed by atoms with Crippen LogP contribution in [-0.2, 0) is 36.6 Å². The minimum Gasteiger partial charge on any atom is -0.478 e. The Kier molecular flexibility index (Phi) is 10.3. The molecule has 3 aromatic carbocycles. The fraction of sp³-hybridized carbons (Fsp3) is 0.182. The number of nitrogens with zero attached hydrogens (tertiary/aromatic N) is 1. The number of carboxylic acid groups (broad SMARTS) is 1. The molecule has 4 aromatic rings. The van der Waals surface area contributed by atoms with E-state index < -0.39 is 27.8 Å². The molecule has 1 aliphatic heterocycles. The van der Waals surface area contributed by atoms with Gasteiger partial charge in [0.05, 0.1) is 17.2 Å². The number of thiophene rings is 1. The third-order valence-corrected chi connectivity index (χ3v) is 9.12. The third kappa shape index (κ3) is 7.69. The minimum atomic E-state index is -4.24. The number of benzene rings is 3. The molecule has 46 heavy (non-hydrogen) atoms. The van der Waals surface area contributed by atoms with Crippen LogP contribution in [0.3, 0.4) is 0 Å². The zero-order chi connectivity index (χ0) is 32.6. The van der Waals surface area contributed by atoms with Crippen LogP contribution in [0.25, 0.3) is 6.08 Å². The van der Waals surface area contributed by atoms with Gasteiger partial charge in [-0.25, -0.2) is 14.3 Å². The topological polar surface area (TPSA) is 155 Å². The highest BCUT2D eigenvalue weighted by Crippen LogP contribution is 2.42. The molecule has 0 atom stereocenters. The molecule has 0 unspecified atom stereocenters. The van der Waals surface area contributed by atoms with Crippen molar-refractivity contribution in [3.8, 4) is 0 Å². The molecule has 4 N–H and O–H groups in total. The molecule has 238 valence electrons. The summed E-state index contributed by atoms with van der Waals surface area (Å²) in [6.07, 6.45) is 0.445. The quantitative estimate of drug-likeness (QED) is 0.120. The maximum absolute atomic E-state index is 12.4. The summed E-state index contributed by atoms with van der Waals surface area (Å²) >= 11 is 1.21. The van der Waals surface area contributed by atoms with E-state index in [0.717, 1.165) is 16.7 Å². The number of fused-ring (bicyclic) bond motifs is 1. The molecule has 1 amide bonds. The number of carbonyl (C=O) groups excluding carboxylic acids is 1. The summed E-state index contributed by atoms with van der Waals surface area (Å²) in [5, 5.41) is 13.5. The normalized spacial score (nSPS) is 14.0. The molecule has 1 aliphatic rings. The molecular weight excluding hydrogens is 629 g/mol. The molecule has 13 heteroatoms. The molecular formula is C33H32N4O7S2. The number of aliphatic imine (C=N–C) groups is 1. The van der Waals surface area contributed by atoms with Gasteiger partial charge in [0.2, 0.25) is 0 Å². The van der Waals surface area contributed by atoms with E-state index in [1.165, 1.54) is 18.4 Å². The average Bonchev–Trinajstić information content (AvgIpc) is 3.35. The summed E-state index contributed by atoms with van der Waals surface area (Å²) in [5.74, 6) is -0.687. The van der Waals surface area contributed by atoms with Crippen molar-refractivity contribution in [2.24, 2.45) is 4.99 Å². The largest absolute Gasteiger partial charge is 0.478 e. The number of hydrogen-bond donors (Lipinski definition) is 4. The van der Waals surface area contributed by atoms with Gasteiger partial charge in [-0.2, -0.15) is 13.1 Å².